The molecule has 1 unspecified atom stereocenters. The largest absolute Gasteiger partial charge is 0.378 e. The van der Waals surface area contributed by atoms with Crippen molar-refractivity contribution >= 4 is 27.3 Å². The van der Waals surface area contributed by atoms with E-state index in [9.17, 15) is 10.1 Å². The smallest absolute Gasteiger partial charge is 0.293 e. The van der Waals surface area contributed by atoms with Crippen molar-refractivity contribution in [2.24, 2.45) is 0 Å². The van der Waals surface area contributed by atoms with Crippen LogP contribution in [0.5, 0.6) is 0 Å². The predicted molar refractivity (Wildman–Crippen MR) is 79.6 cm³/mol. The highest BCUT2D eigenvalue weighted by Crippen LogP contribution is 2.28. The maximum absolute atomic E-state index is 11.0. The number of nitrogens with zero attached hydrogens (tertiary/aromatic N) is 2. The number of hydrogen-bond acceptors (Lipinski definition) is 4. The molecule has 0 aliphatic carbocycles. The van der Waals surface area contributed by atoms with Gasteiger partial charge in [-0.2, -0.15) is 0 Å². The van der Waals surface area contributed by atoms with E-state index in [-0.39, 0.29) is 10.6 Å². The Morgan fingerprint density at radius 2 is 2.32 bits per heavy atom. The molecule has 0 bridgehead atoms. The molecule has 1 fully saturated rings. The second kappa shape index (κ2) is 6.34. The van der Waals surface area contributed by atoms with Gasteiger partial charge in [0.1, 0.15) is 5.69 Å². The van der Waals surface area contributed by atoms with E-state index >= 15 is 0 Å². The minimum atomic E-state index is -0.350. The molecule has 0 saturated carbocycles. The van der Waals surface area contributed by atoms with Crippen molar-refractivity contribution in [2.75, 3.05) is 25.5 Å². The fourth-order valence-electron chi connectivity index (χ4n) is 2.44. The Morgan fingerprint density at radius 1 is 1.53 bits per heavy atom. The summed E-state index contributed by atoms with van der Waals surface area (Å²) in [6, 6.07) is 5.56. The molecule has 1 heterocycles. The van der Waals surface area contributed by atoms with Crippen molar-refractivity contribution in [1.82, 2.24) is 4.90 Å². The number of benzene rings is 1. The number of nitrogens with one attached hydrogen (secondary N) is 1. The van der Waals surface area contributed by atoms with Gasteiger partial charge in [0.25, 0.3) is 5.69 Å². The lowest BCUT2D eigenvalue weighted by atomic mass is 10.0. The normalized spacial score (nSPS) is 20.2. The van der Waals surface area contributed by atoms with Crippen LogP contribution in [-0.2, 0) is 0 Å². The van der Waals surface area contributed by atoms with Crippen LogP contribution < -0.4 is 5.32 Å². The molecule has 1 aliphatic rings. The third-order valence-corrected chi connectivity index (χ3v) is 4.10. The van der Waals surface area contributed by atoms with Crippen molar-refractivity contribution in [1.29, 1.82) is 0 Å². The second-order valence-corrected chi connectivity index (χ2v) is 5.85. The molecule has 19 heavy (non-hydrogen) atoms. The monoisotopic (exact) mass is 327 g/mol. The van der Waals surface area contributed by atoms with Crippen LogP contribution in [0.1, 0.15) is 19.3 Å². The van der Waals surface area contributed by atoms with Gasteiger partial charge in [-0.25, -0.2) is 0 Å². The van der Waals surface area contributed by atoms with Crippen LogP contribution in [0.4, 0.5) is 11.4 Å². The number of halogens is 1. The lowest BCUT2D eigenvalue weighted by Crippen LogP contribution is -2.40. The van der Waals surface area contributed by atoms with E-state index in [1.54, 1.807) is 6.07 Å². The van der Waals surface area contributed by atoms with Crippen molar-refractivity contribution in [3.8, 4) is 0 Å². The highest BCUT2D eigenvalue weighted by molar-refractivity contribution is 9.10. The molecule has 1 atom stereocenters. The molecule has 104 valence electrons. The van der Waals surface area contributed by atoms with Gasteiger partial charge in [0, 0.05) is 23.1 Å². The number of likely N-dealkylation sites (tertiary alicyclic amines) is 1. The van der Waals surface area contributed by atoms with E-state index < -0.39 is 0 Å². The van der Waals surface area contributed by atoms with Crippen LogP contribution >= 0.6 is 15.9 Å². The molecule has 1 saturated heterocycles. The molecule has 0 radical (unpaired) electrons. The van der Waals surface area contributed by atoms with Gasteiger partial charge in [0.05, 0.1) is 4.92 Å². The van der Waals surface area contributed by atoms with Gasteiger partial charge in [0.15, 0.2) is 0 Å². The van der Waals surface area contributed by atoms with Gasteiger partial charge in [-0.3, -0.25) is 10.1 Å². The molecule has 0 aromatic heterocycles. The molecule has 5 nitrogen and oxygen atoms in total. The molecule has 0 spiro atoms. The Hall–Kier alpha value is -1.14. The second-order valence-electron chi connectivity index (χ2n) is 4.93. The molecule has 2 rings (SSSR count). The minimum Gasteiger partial charge on any atom is -0.378 e. The van der Waals surface area contributed by atoms with Gasteiger partial charge in [0.2, 0.25) is 0 Å². The Kier molecular flexibility index (Phi) is 4.76. The van der Waals surface area contributed by atoms with Gasteiger partial charge in [-0.15, -0.1) is 0 Å². The van der Waals surface area contributed by atoms with E-state index in [0.29, 0.717) is 11.7 Å². The van der Waals surface area contributed by atoms with Gasteiger partial charge in [-0.05, 0) is 38.6 Å². The number of nitro groups is 1. The number of piperidine rings is 1. The summed E-state index contributed by atoms with van der Waals surface area (Å²) in [7, 11) is 2.11. The highest BCUT2D eigenvalue weighted by Gasteiger charge is 2.20. The quantitative estimate of drug-likeness (QED) is 0.681. The maximum Gasteiger partial charge on any atom is 0.293 e. The first-order chi connectivity index (χ1) is 9.08. The van der Waals surface area contributed by atoms with Crippen molar-refractivity contribution in [2.45, 2.75) is 25.3 Å². The number of rotatable bonds is 4. The summed E-state index contributed by atoms with van der Waals surface area (Å²) in [4.78, 5) is 13.0. The molecular formula is C13H18BrN3O2. The molecule has 1 aliphatic heterocycles. The third-order valence-electron chi connectivity index (χ3n) is 3.61. The van der Waals surface area contributed by atoms with E-state index in [1.807, 2.05) is 6.07 Å². The van der Waals surface area contributed by atoms with Crippen LogP contribution in [0.15, 0.2) is 22.7 Å². The van der Waals surface area contributed by atoms with Crippen molar-refractivity contribution in [3.05, 3.63) is 32.8 Å². The summed E-state index contributed by atoms with van der Waals surface area (Å²) in [5.41, 5.74) is 0.708. The zero-order chi connectivity index (χ0) is 13.8. The van der Waals surface area contributed by atoms with Crippen LogP contribution in [0.3, 0.4) is 0 Å². The lowest BCUT2D eigenvalue weighted by molar-refractivity contribution is -0.384. The number of hydrogen-bond donors (Lipinski definition) is 1. The SMILES string of the molecule is CN1CCCCC1CNc1ccc(Br)cc1[N+](=O)[O-]. The number of anilines is 1. The standard InChI is InChI=1S/C13H18BrN3O2/c1-16-7-3-2-4-11(16)9-15-12-6-5-10(14)8-13(12)17(18)19/h5-6,8,11,15H,2-4,7,9H2,1H3. The Bertz CT molecular complexity index is 467. The average Bonchev–Trinajstić information content (AvgIpc) is 2.38. The van der Waals surface area contributed by atoms with Crippen LogP contribution in [-0.4, -0.2) is 36.0 Å². The van der Waals surface area contributed by atoms with Gasteiger partial charge < -0.3 is 10.2 Å². The molecule has 0 amide bonds. The average molecular weight is 328 g/mol. The van der Waals surface area contributed by atoms with Crippen LogP contribution in [0.2, 0.25) is 0 Å². The Labute approximate surface area is 121 Å². The van der Waals surface area contributed by atoms with E-state index in [0.717, 1.165) is 24.0 Å². The first-order valence-corrected chi connectivity index (χ1v) is 7.25. The summed E-state index contributed by atoms with van der Waals surface area (Å²) in [6.45, 7) is 1.85. The van der Waals surface area contributed by atoms with Crippen LogP contribution in [0, 0.1) is 10.1 Å². The number of likely N-dealkylation sites (N-methyl/N-ethyl adjacent to an activating group) is 1. The van der Waals surface area contributed by atoms with Crippen LogP contribution in [0.25, 0.3) is 0 Å². The molecule has 1 aromatic carbocycles. The molecular weight excluding hydrogens is 310 g/mol. The zero-order valence-corrected chi connectivity index (χ0v) is 12.5. The summed E-state index contributed by atoms with van der Waals surface area (Å²) < 4.78 is 0.722. The third kappa shape index (κ3) is 3.67. The first-order valence-electron chi connectivity index (χ1n) is 6.46. The predicted octanol–water partition coefficient (Wildman–Crippen LogP) is 3.25. The van der Waals surface area contributed by atoms with E-state index in [4.69, 9.17) is 0 Å². The zero-order valence-electron chi connectivity index (χ0n) is 10.9. The van der Waals surface area contributed by atoms with Crippen molar-refractivity contribution < 1.29 is 4.92 Å². The van der Waals surface area contributed by atoms with E-state index in [2.05, 4.69) is 33.2 Å². The fourth-order valence-corrected chi connectivity index (χ4v) is 2.78. The number of nitro benzene ring substituents is 1. The minimum absolute atomic E-state index is 0.118. The topological polar surface area (TPSA) is 58.4 Å². The summed E-state index contributed by atoms with van der Waals surface area (Å²) in [5, 5.41) is 14.2. The lowest BCUT2D eigenvalue weighted by Gasteiger charge is -2.32. The molecule has 1 aromatic rings. The summed E-state index contributed by atoms with van der Waals surface area (Å²) in [6.07, 6.45) is 3.62. The van der Waals surface area contributed by atoms with Gasteiger partial charge in [-0.1, -0.05) is 22.4 Å². The Morgan fingerprint density at radius 3 is 3.00 bits per heavy atom. The summed E-state index contributed by atoms with van der Waals surface area (Å²) in [5.74, 6) is 0. The molecule has 1 N–H and O–H groups in total. The maximum atomic E-state index is 11.0. The van der Waals surface area contributed by atoms with E-state index in [1.165, 1.54) is 18.9 Å². The van der Waals surface area contributed by atoms with Crippen molar-refractivity contribution in [3.63, 3.8) is 0 Å². The van der Waals surface area contributed by atoms with Gasteiger partial charge >= 0.3 is 0 Å². The highest BCUT2D eigenvalue weighted by atomic mass is 79.9. The summed E-state index contributed by atoms with van der Waals surface area (Å²) >= 11 is 3.26. The fraction of sp³-hybridized carbons (Fsp3) is 0.538. The first kappa shape index (κ1) is 14.3. The molecule has 6 heteroatoms. The Balaban J connectivity index is 2.04.